The van der Waals surface area contributed by atoms with Crippen LogP contribution in [-0.4, -0.2) is 13.2 Å². The smallest absolute Gasteiger partial charge is 0.166 e. The molecule has 0 heterocycles. The second kappa shape index (κ2) is 6.17. The zero-order chi connectivity index (χ0) is 14.9. The van der Waals surface area contributed by atoms with Gasteiger partial charge in [0, 0.05) is 15.6 Å². The number of hydrogen-bond donors (Lipinski definition) is 1. The predicted molar refractivity (Wildman–Crippen MR) is 87.9 cm³/mol. The number of ether oxygens (including phenoxy) is 2. The Labute approximate surface area is 135 Å². The molecule has 2 saturated carbocycles. The van der Waals surface area contributed by atoms with Crippen LogP contribution in [-0.2, 0) is 5.54 Å². The van der Waals surface area contributed by atoms with Crippen molar-refractivity contribution in [3.8, 4) is 11.5 Å². The average Bonchev–Trinajstić information content (AvgIpc) is 3.12. The number of benzene rings is 1. The SMILES string of the molecule is COc1cc(Br)cc(C2(N)CCCC2)c1OC1CCCC1. The molecule has 116 valence electrons. The zero-order valence-corrected chi connectivity index (χ0v) is 14.2. The second-order valence-corrected chi connectivity index (χ2v) is 7.29. The highest BCUT2D eigenvalue weighted by Gasteiger charge is 2.36. The van der Waals surface area contributed by atoms with Crippen molar-refractivity contribution in [3.05, 3.63) is 22.2 Å². The van der Waals surface area contributed by atoms with Crippen LogP contribution < -0.4 is 15.2 Å². The van der Waals surface area contributed by atoms with Crippen LogP contribution in [0.15, 0.2) is 16.6 Å². The fraction of sp³-hybridized carbons (Fsp3) is 0.647. The molecule has 1 aromatic carbocycles. The highest BCUT2D eigenvalue weighted by atomic mass is 79.9. The van der Waals surface area contributed by atoms with Gasteiger partial charge in [0.15, 0.2) is 11.5 Å². The Morgan fingerprint density at radius 2 is 1.81 bits per heavy atom. The molecule has 0 saturated heterocycles. The summed E-state index contributed by atoms with van der Waals surface area (Å²) in [6.07, 6.45) is 9.51. The van der Waals surface area contributed by atoms with Gasteiger partial charge in [0.1, 0.15) is 0 Å². The molecule has 0 bridgehead atoms. The summed E-state index contributed by atoms with van der Waals surface area (Å²) in [4.78, 5) is 0. The monoisotopic (exact) mass is 353 g/mol. The van der Waals surface area contributed by atoms with Gasteiger partial charge < -0.3 is 15.2 Å². The first-order valence-corrected chi connectivity index (χ1v) is 8.75. The van der Waals surface area contributed by atoms with Crippen molar-refractivity contribution in [2.45, 2.75) is 63.0 Å². The van der Waals surface area contributed by atoms with Crippen LogP contribution in [0.5, 0.6) is 11.5 Å². The summed E-state index contributed by atoms with van der Waals surface area (Å²) in [5, 5.41) is 0. The summed E-state index contributed by atoms with van der Waals surface area (Å²) >= 11 is 3.58. The van der Waals surface area contributed by atoms with Crippen LogP contribution in [0, 0.1) is 0 Å². The lowest BCUT2D eigenvalue weighted by Gasteiger charge is -2.29. The standard InChI is InChI=1S/C17H24BrNO2/c1-20-15-11-12(18)10-14(17(19)8-4-5-9-17)16(15)21-13-6-2-3-7-13/h10-11,13H,2-9,19H2,1H3. The molecule has 0 aliphatic heterocycles. The van der Waals surface area contributed by atoms with E-state index in [1.165, 1.54) is 25.7 Å². The highest BCUT2D eigenvalue weighted by molar-refractivity contribution is 9.10. The van der Waals surface area contributed by atoms with E-state index >= 15 is 0 Å². The molecule has 3 nitrogen and oxygen atoms in total. The van der Waals surface area contributed by atoms with E-state index < -0.39 is 0 Å². The first kappa shape index (κ1) is 15.2. The number of nitrogens with two attached hydrogens (primary N) is 1. The van der Waals surface area contributed by atoms with Gasteiger partial charge in [-0.1, -0.05) is 28.8 Å². The minimum Gasteiger partial charge on any atom is -0.493 e. The van der Waals surface area contributed by atoms with Gasteiger partial charge in [0.2, 0.25) is 0 Å². The lowest BCUT2D eigenvalue weighted by molar-refractivity contribution is 0.194. The van der Waals surface area contributed by atoms with Crippen LogP contribution in [0.25, 0.3) is 0 Å². The molecule has 2 aliphatic rings. The van der Waals surface area contributed by atoms with Gasteiger partial charge >= 0.3 is 0 Å². The van der Waals surface area contributed by atoms with E-state index in [1.807, 2.05) is 6.07 Å². The van der Waals surface area contributed by atoms with Crippen LogP contribution >= 0.6 is 15.9 Å². The Hall–Kier alpha value is -0.740. The topological polar surface area (TPSA) is 44.5 Å². The molecule has 3 rings (SSSR count). The molecule has 0 aromatic heterocycles. The Morgan fingerprint density at radius 3 is 2.43 bits per heavy atom. The van der Waals surface area contributed by atoms with Gasteiger partial charge in [0.25, 0.3) is 0 Å². The van der Waals surface area contributed by atoms with Crippen molar-refractivity contribution < 1.29 is 9.47 Å². The summed E-state index contributed by atoms with van der Waals surface area (Å²) in [7, 11) is 1.70. The van der Waals surface area contributed by atoms with E-state index in [2.05, 4.69) is 22.0 Å². The minimum absolute atomic E-state index is 0.273. The van der Waals surface area contributed by atoms with Gasteiger partial charge in [-0.2, -0.15) is 0 Å². The Morgan fingerprint density at radius 1 is 1.14 bits per heavy atom. The molecule has 4 heteroatoms. The Kier molecular flexibility index (Phi) is 4.46. The number of rotatable bonds is 4. The molecule has 1 aromatic rings. The lowest BCUT2D eigenvalue weighted by Crippen LogP contribution is -2.34. The van der Waals surface area contributed by atoms with E-state index in [-0.39, 0.29) is 5.54 Å². The molecule has 2 fully saturated rings. The fourth-order valence-corrected chi connectivity index (χ4v) is 4.10. The molecular weight excluding hydrogens is 330 g/mol. The Bertz CT molecular complexity index is 506. The van der Waals surface area contributed by atoms with Crippen molar-refractivity contribution in [1.82, 2.24) is 0 Å². The first-order chi connectivity index (χ1) is 10.1. The van der Waals surface area contributed by atoms with Crippen LogP contribution in [0.4, 0.5) is 0 Å². The second-order valence-electron chi connectivity index (χ2n) is 6.37. The van der Waals surface area contributed by atoms with Crippen molar-refractivity contribution in [2.24, 2.45) is 5.73 Å². The molecule has 2 N–H and O–H groups in total. The molecule has 0 atom stereocenters. The maximum atomic E-state index is 6.69. The molecule has 0 radical (unpaired) electrons. The lowest BCUT2D eigenvalue weighted by atomic mass is 9.88. The summed E-state index contributed by atoms with van der Waals surface area (Å²) in [6, 6.07) is 4.10. The van der Waals surface area contributed by atoms with Gasteiger partial charge in [-0.3, -0.25) is 0 Å². The van der Waals surface area contributed by atoms with Crippen molar-refractivity contribution in [3.63, 3.8) is 0 Å². The molecule has 21 heavy (non-hydrogen) atoms. The van der Waals surface area contributed by atoms with Crippen LogP contribution in [0.2, 0.25) is 0 Å². The largest absolute Gasteiger partial charge is 0.493 e. The summed E-state index contributed by atoms with van der Waals surface area (Å²) in [5.41, 5.74) is 7.53. The van der Waals surface area contributed by atoms with Crippen LogP contribution in [0.1, 0.15) is 56.9 Å². The van der Waals surface area contributed by atoms with E-state index in [4.69, 9.17) is 15.2 Å². The van der Waals surface area contributed by atoms with Crippen molar-refractivity contribution in [1.29, 1.82) is 0 Å². The maximum absolute atomic E-state index is 6.69. The highest BCUT2D eigenvalue weighted by Crippen LogP contribution is 2.46. The molecule has 0 amide bonds. The quantitative estimate of drug-likeness (QED) is 0.865. The maximum Gasteiger partial charge on any atom is 0.166 e. The molecule has 2 aliphatic carbocycles. The Balaban J connectivity index is 2.01. The third-order valence-electron chi connectivity index (χ3n) is 4.86. The summed E-state index contributed by atoms with van der Waals surface area (Å²) in [5.74, 6) is 1.67. The third kappa shape index (κ3) is 3.07. The summed E-state index contributed by atoms with van der Waals surface area (Å²) < 4.78 is 12.9. The number of halogens is 1. The van der Waals surface area contributed by atoms with Gasteiger partial charge in [-0.05, 0) is 50.7 Å². The van der Waals surface area contributed by atoms with Crippen molar-refractivity contribution >= 4 is 15.9 Å². The van der Waals surface area contributed by atoms with Gasteiger partial charge in [-0.25, -0.2) is 0 Å². The zero-order valence-electron chi connectivity index (χ0n) is 12.7. The normalized spacial score (nSPS) is 21.7. The van der Waals surface area contributed by atoms with E-state index in [0.29, 0.717) is 6.10 Å². The minimum atomic E-state index is -0.273. The third-order valence-corrected chi connectivity index (χ3v) is 5.32. The van der Waals surface area contributed by atoms with Gasteiger partial charge in [-0.15, -0.1) is 0 Å². The first-order valence-electron chi connectivity index (χ1n) is 7.96. The van der Waals surface area contributed by atoms with Crippen LogP contribution in [0.3, 0.4) is 0 Å². The summed E-state index contributed by atoms with van der Waals surface area (Å²) in [6.45, 7) is 0. The van der Waals surface area contributed by atoms with Gasteiger partial charge in [0.05, 0.1) is 13.2 Å². The van der Waals surface area contributed by atoms with E-state index in [1.54, 1.807) is 7.11 Å². The van der Waals surface area contributed by atoms with E-state index in [9.17, 15) is 0 Å². The molecular formula is C17H24BrNO2. The van der Waals surface area contributed by atoms with Crippen molar-refractivity contribution in [2.75, 3.05) is 7.11 Å². The fourth-order valence-electron chi connectivity index (χ4n) is 3.66. The molecule has 0 unspecified atom stereocenters. The predicted octanol–water partition coefficient (Wildman–Crippen LogP) is 4.51. The number of hydrogen-bond acceptors (Lipinski definition) is 3. The average molecular weight is 354 g/mol. The number of methoxy groups -OCH3 is 1. The van der Waals surface area contributed by atoms with E-state index in [0.717, 1.165) is 47.2 Å². The molecule has 0 spiro atoms.